The molecule has 3 aromatic rings. The third-order valence-corrected chi connectivity index (χ3v) is 6.29. The van der Waals surface area contributed by atoms with E-state index in [4.69, 9.17) is 19.9 Å². The van der Waals surface area contributed by atoms with Gasteiger partial charge in [0, 0.05) is 24.2 Å². The van der Waals surface area contributed by atoms with E-state index in [1.807, 2.05) is 43.3 Å². The van der Waals surface area contributed by atoms with Crippen LogP contribution in [0.3, 0.4) is 0 Å². The molecule has 3 N–H and O–H groups in total. The highest BCUT2D eigenvalue weighted by Gasteiger charge is 2.59. The maximum atomic E-state index is 12.9. The molecule has 0 bridgehead atoms. The zero-order valence-corrected chi connectivity index (χ0v) is 19.9. The maximum Gasteiger partial charge on any atom is 0.269 e. The second-order valence-electron chi connectivity index (χ2n) is 8.86. The van der Waals surface area contributed by atoms with Crippen molar-refractivity contribution in [2.45, 2.75) is 37.8 Å². The Bertz CT molecular complexity index is 1160. The zero-order valence-electron chi connectivity index (χ0n) is 19.9. The van der Waals surface area contributed by atoms with Crippen LogP contribution in [-0.4, -0.2) is 37.0 Å². The fourth-order valence-corrected chi connectivity index (χ4v) is 4.52. The van der Waals surface area contributed by atoms with Gasteiger partial charge in [-0.3, -0.25) is 9.59 Å². The molecule has 2 aliphatic rings. The Balaban J connectivity index is 0.000000301. The number of fused-ring (bicyclic) bond motifs is 1. The van der Waals surface area contributed by atoms with E-state index in [0.717, 1.165) is 12.4 Å². The topological polar surface area (TPSA) is 99.9 Å². The highest BCUT2D eigenvalue weighted by Crippen LogP contribution is 2.42. The van der Waals surface area contributed by atoms with Crippen molar-refractivity contribution in [2.75, 3.05) is 13.1 Å². The first-order chi connectivity index (χ1) is 16.9. The van der Waals surface area contributed by atoms with E-state index >= 15 is 0 Å². The summed E-state index contributed by atoms with van der Waals surface area (Å²) in [5.41, 5.74) is 5.45. The van der Waals surface area contributed by atoms with Gasteiger partial charge in [-0.25, -0.2) is 0 Å². The minimum Gasteiger partial charge on any atom is -0.488 e. The number of carbonyl (C=O) groups excluding carboxylic acids is 2. The lowest BCUT2D eigenvalue weighted by Gasteiger charge is -2.49. The number of benzene rings is 3. The van der Waals surface area contributed by atoms with Gasteiger partial charge in [0.05, 0.1) is 11.7 Å². The molecular formula is C28H30N2O5. The number of hydrogen-bond donors (Lipinski definition) is 2. The fraction of sp³-hybridized carbons (Fsp3) is 0.286. The first kappa shape index (κ1) is 24.4. The molecule has 1 amide bonds. The average Bonchev–Trinajstić information content (AvgIpc) is 2.84. The molecule has 3 aromatic carbocycles. The van der Waals surface area contributed by atoms with Crippen molar-refractivity contribution in [3.63, 3.8) is 0 Å². The Morgan fingerprint density at radius 1 is 1.09 bits per heavy atom. The molecule has 35 heavy (non-hydrogen) atoms. The summed E-state index contributed by atoms with van der Waals surface area (Å²) in [5.74, 6) is 0.638. The first-order valence-electron chi connectivity index (χ1n) is 11.6. The number of para-hydroxylation sites is 2. The Morgan fingerprint density at radius 2 is 1.77 bits per heavy atom. The van der Waals surface area contributed by atoms with Gasteiger partial charge in [-0.1, -0.05) is 60.7 Å². The lowest BCUT2D eigenvalue weighted by atomic mass is 9.76. The minimum atomic E-state index is -1.63. The van der Waals surface area contributed by atoms with Crippen molar-refractivity contribution in [1.82, 2.24) is 5.32 Å². The standard InChI is InChI=1S/C21H24N2O4.C7H6O/c1-15-12-23-14-20(2,26-15)21(19(22)25,17-9-4-3-5-10-17)27-18-11-7-6-8-16(18)13-24;1-2-4-7-6(3-1)5-8-7/h3-11,13,15,23H,12,14H2,1-2H3,(H2,22,25);1-4H,5H2. The van der Waals surface area contributed by atoms with E-state index in [2.05, 4.69) is 11.4 Å². The van der Waals surface area contributed by atoms with Crippen LogP contribution in [0.4, 0.5) is 0 Å². The largest absolute Gasteiger partial charge is 0.488 e. The summed E-state index contributed by atoms with van der Waals surface area (Å²) in [6, 6.07) is 23.9. The molecular weight excluding hydrogens is 444 g/mol. The molecule has 0 spiro atoms. The van der Waals surface area contributed by atoms with Crippen molar-refractivity contribution < 1.29 is 23.8 Å². The molecule has 1 fully saturated rings. The van der Waals surface area contributed by atoms with Gasteiger partial charge in [0.2, 0.25) is 5.60 Å². The highest BCUT2D eigenvalue weighted by atomic mass is 16.6. The van der Waals surface area contributed by atoms with Crippen molar-refractivity contribution in [3.05, 3.63) is 95.6 Å². The summed E-state index contributed by atoms with van der Waals surface area (Å²) in [6.07, 6.45) is 0.549. The van der Waals surface area contributed by atoms with Gasteiger partial charge in [-0.05, 0) is 32.0 Å². The molecule has 1 saturated heterocycles. The number of nitrogens with two attached hydrogens (primary N) is 1. The van der Waals surface area contributed by atoms with Crippen LogP contribution in [0.2, 0.25) is 0 Å². The summed E-state index contributed by atoms with van der Waals surface area (Å²) < 4.78 is 17.6. The fourth-order valence-electron chi connectivity index (χ4n) is 4.52. The summed E-state index contributed by atoms with van der Waals surface area (Å²) >= 11 is 0. The van der Waals surface area contributed by atoms with Crippen LogP contribution in [0.1, 0.15) is 35.3 Å². The first-order valence-corrected chi connectivity index (χ1v) is 11.6. The molecule has 0 aromatic heterocycles. The summed E-state index contributed by atoms with van der Waals surface area (Å²) in [4.78, 5) is 24.4. The molecule has 3 unspecified atom stereocenters. The Labute approximate surface area is 205 Å². The molecule has 2 heterocycles. The monoisotopic (exact) mass is 474 g/mol. The van der Waals surface area contributed by atoms with Crippen LogP contribution in [0.25, 0.3) is 0 Å². The van der Waals surface area contributed by atoms with E-state index in [-0.39, 0.29) is 11.9 Å². The average molecular weight is 475 g/mol. The second kappa shape index (κ2) is 10.3. The van der Waals surface area contributed by atoms with Crippen molar-refractivity contribution in [2.24, 2.45) is 5.73 Å². The third-order valence-electron chi connectivity index (χ3n) is 6.29. The van der Waals surface area contributed by atoms with Gasteiger partial charge >= 0.3 is 0 Å². The molecule has 0 saturated carbocycles. The number of amides is 1. The molecule has 7 nitrogen and oxygen atoms in total. The number of hydrogen-bond acceptors (Lipinski definition) is 6. The minimum absolute atomic E-state index is 0.142. The second-order valence-corrected chi connectivity index (χ2v) is 8.86. The van der Waals surface area contributed by atoms with Gasteiger partial charge in [0.1, 0.15) is 23.7 Å². The van der Waals surface area contributed by atoms with E-state index in [0.29, 0.717) is 30.5 Å². The number of morpholine rings is 1. The van der Waals surface area contributed by atoms with Crippen LogP contribution in [0.15, 0.2) is 78.9 Å². The quantitative estimate of drug-likeness (QED) is 0.530. The number of nitrogens with one attached hydrogen (secondary N) is 1. The lowest BCUT2D eigenvalue weighted by Crippen LogP contribution is -2.69. The molecule has 0 aliphatic carbocycles. The van der Waals surface area contributed by atoms with E-state index in [9.17, 15) is 9.59 Å². The van der Waals surface area contributed by atoms with Crippen molar-refractivity contribution in [1.29, 1.82) is 0 Å². The van der Waals surface area contributed by atoms with Crippen molar-refractivity contribution in [3.8, 4) is 11.5 Å². The van der Waals surface area contributed by atoms with Gasteiger partial charge in [0.25, 0.3) is 5.91 Å². The summed E-state index contributed by atoms with van der Waals surface area (Å²) in [5, 5.41) is 3.29. The van der Waals surface area contributed by atoms with Crippen LogP contribution in [0, 0.1) is 0 Å². The summed E-state index contributed by atoms with van der Waals surface area (Å²) in [7, 11) is 0. The summed E-state index contributed by atoms with van der Waals surface area (Å²) in [6.45, 7) is 5.54. The molecule has 2 aliphatic heterocycles. The van der Waals surface area contributed by atoms with Gasteiger partial charge in [-0.15, -0.1) is 0 Å². The van der Waals surface area contributed by atoms with Crippen LogP contribution in [0.5, 0.6) is 11.5 Å². The van der Waals surface area contributed by atoms with E-state index < -0.39 is 17.1 Å². The third kappa shape index (κ3) is 4.78. The van der Waals surface area contributed by atoms with Gasteiger partial charge in [0.15, 0.2) is 6.29 Å². The van der Waals surface area contributed by atoms with Crippen LogP contribution < -0.4 is 20.5 Å². The SMILES string of the molecule is CC1CNCC(C)(C(Oc2ccccc2C=O)(C(N)=O)c2ccccc2)O1.c1ccc2c(c1)CO2. The smallest absolute Gasteiger partial charge is 0.269 e. The molecule has 0 radical (unpaired) electrons. The Morgan fingerprint density at radius 3 is 2.34 bits per heavy atom. The lowest BCUT2D eigenvalue weighted by molar-refractivity contribution is -0.202. The molecule has 7 heteroatoms. The number of primary amides is 1. The molecule has 182 valence electrons. The predicted molar refractivity (Wildman–Crippen MR) is 132 cm³/mol. The Kier molecular flexibility index (Phi) is 7.19. The molecule has 5 rings (SSSR count). The van der Waals surface area contributed by atoms with Crippen LogP contribution >= 0.6 is 0 Å². The van der Waals surface area contributed by atoms with Gasteiger partial charge < -0.3 is 25.3 Å². The zero-order chi connectivity index (χ0) is 24.9. The van der Waals surface area contributed by atoms with E-state index in [1.165, 1.54) is 5.56 Å². The van der Waals surface area contributed by atoms with Crippen molar-refractivity contribution >= 4 is 12.2 Å². The predicted octanol–water partition coefficient (Wildman–Crippen LogP) is 3.60. The Hall–Kier alpha value is -3.68. The number of aldehydes is 1. The maximum absolute atomic E-state index is 12.9. The normalized spacial score (nSPS) is 22.1. The van der Waals surface area contributed by atoms with E-state index in [1.54, 1.807) is 43.3 Å². The number of rotatable bonds is 6. The van der Waals surface area contributed by atoms with Gasteiger partial charge in [-0.2, -0.15) is 0 Å². The highest BCUT2D eigenvalue weighted by molar-refractivity contribution is 5.88. The number of carbonyl (C=O) groups is 2. The van der Waals surface area contributed by atoms with Crippen LogP contribution in [-0.2, 0) is 21.7 Å². The molecule has 3 atom stereocenters. The number of ether oxygens (including phenoxy) is 3.